The van der Waals surface area contributed by atoms with Gasteiger partial charge in [-0.1, -0.05) is 37.3 Å². The molecule has 1 aromatic carbocycles. The molecule has 0 radical (unpaired) electrons. The molecule has 0 saturated carbocycles. The molecule has 114 valence electrons. The summed E-state index contributed by atoms with van der Waals surface area (Å²) in [6, 6.07) is 8.29. The average Bonchev–Trinajstić information content (AvgIpc) is 2.99. The van der Waals surface area contributed by atoms with E-state index in [2.05, 4.69) is 29.4 Å². The van der Waals surface area contributed by atoms with Gasteiger partial charge in [0.15, 0.2) is 5.01 Å². The fraction of sp³-hybridized carbons (Fsp3) is 0.500. The SMILES string of the molecule is CCCNC(CC)c1nnc(-c2ccccc2OCC)s1. The molecule has 5 heteroatoms. The van der Waals surface area contributed by atoms with Gasteiger partial charge in [0, 0.05) is 0 Å². The van der Waals surface area contributed by atoms with E-state index >= 15 is 0 Å². The van der Waals surface area contributed by atoms with E-state index in [1.807, 2.05) is 31.2 Å². The number of nitrogens with zero attached hydrogens (tertiary/aromatic N) is 2. The van der Waals surface area contributed by atoms with E-state index < -0.39 is 0 Å². The summed E-state index contributed by atoms with van der Waals surface area (Å²) in [6.45, 7) is 7.98. The number of nitrogens with one attached hydrogen (secondary N) is 1. The summed E-state index contributed by atoms with van der Waals surface area (Å²) in [7, 11) is 0. The topological polar surface area (TPSA) is 47.0 Å². The number of hydrogen-bond donors (Lipinski definition) is 1. The van der Waals surface area contributed by atoms with Gasteiger partial charge in [-0.25, -0.2) is 0 Å². The van der Waals surface area contributed by atoms with Crippen LogP contribution < -0.4 is 10.1 Å². The maximum atomic E-state index is 5.68. The molecule has 0 aliphatic heterocycles. The molecule has 0 saturated heterocycles. The molecule has 0 aliphatic rings. The first-order valence-corrected chi connectivity index (χ1v) is 8.40. The van der Waals surface area contributed by atoms with Gasteiger partial charge in [0.2, 0.25) is 0 Å². The summed E-state index contributed by atoms with van der Waals surface area (Å²) in [6.07, 6.45) is 2.14. The van der Waals surface area contributed by atoms with Gasteiger partial charge in [-0.2, -0.15) is 0 Å². The zero-order valence-corrected chi connectivity index (χ0v) is 13.7. The monoisotopic (exact) mass is 305 g/mol. The molecule has 0 spiro atoms. The third-order valence-corrected chi connectivity index (χ3v) is 4.28. The molecule has 2 rings (SSSR count). The second kappa shape index (κ2) is 8.10. The highest BCUT2D eigenvalue weighted by Gasteiger charge is 2.16. The smallest absolute Gasteiger partial charge is 0.151 e. The van der Waals surface area contributed by atoms with E-state index in [1.165, 1.54) is 0 Å². The van der Waals surface area contributed by atoms with Gasteiger partial charge in [0.1, 0.15) is 10.8 Å². The van der Waals surface area contributed by atoms with Crippen LogP contribution in [0.3, 0.4) is 0 Å². The number of rotatable bonds is 8. The Kier molecular flexibility index (Phi) is 6.14. The maximum Gasteiger partial charge on any atom is 0.151 e. The molecular formula is C16H23N3OS. The van der Waals surface area contributed by atoms with Crippen molar-refractivity contribution in [2.45, 2.75) is 39.7 Å². The number of ether oxygens (including phenoxy) is 1. The fourth-order valence-corrected chi connectivity index (χ4v) is 3.17. The quantitative estimate of drug-likeness (QED) is 0.799. The van der Waals surface area contributed by atoms with Crippen LogP contribution in [0.4, 0.5) is 0 Å². The zero-order chi connectivity index (χ0) is 15.1. The van der Waals surface area contributed by atoms with Crippen LogP contribution in [0.25, 0.3) is 10.6 Å². The third-order valence-electron chi connectivity index (χ3n) is 3.21. The van der Waals surface area contributed by atoms with Gasteiger partial charge in [-0.05, 0) is 38.4 Å². The molecule has 21 heavy (non-hydrogen) atoms. The first-order valence-electron chi connectivity index (χ1n) is 7.59. The van der Waals surface area contributed by atoms with Crippen molar-refractivity contribution >= 4 is 11.3 Å². The minimum Gasteiger partial charge on any atom is -0.493 e. The van der Waals surface area contributed by atoms with Crippen LogP contribution in [0.1, 0.15) is 44.7 Å². The first kappa shape index (κ1) is 15.9. The van der Waals surface area contributed by atoms with E-state index in [0.717, 1.165) is 40.7 Å². The van der Waals surface area contributed by atoms with Crippen LogP contribution in [0.15, 0.2) is 24.3 Å². The van der Waals surface area contributed by atoms with Crippen molar-refractivity contribution in [3.8, 4) is 16.3 Å². The van der Waals surface area contributed by atoms with Crippen LogP contribution in [-0.2, 0) is 0 Å². The summed E-state index contributed by atoms with van der Waals surface area (Å²) in [5.74, 6) is 0.872. The van der Waals surface area contributed by atoms with Gasteiger partial charge < -0.3 is 10.1 Å². The maximum absolute atomic E-state index is 5.68. The Morgan fingerprint density at radius 3 is 2.71 bits per heavy atom. The van der Waals surface area contributed by atoms with Crippen LogP contribution in [0.2, 0.25) is 0 Å². The molecule has 0 fully saturated rings. The van der Waals surface area contributed by atoms with Crippen LogP contribution in [0.5, 0.6) is 5.75 Å². The van der Waals surface area contributed by atoms with Crippen molar-refractivity contribution in [3.63, 3.8) is 0 Å². The normalized spacial score (nSPS) is 12.3. The summed E-state index contributed by atoms with van der Waals surface area (Å²) < 4.78 is 5.68. The Balaban J connectivity index is 2.23. The number of hydrogen-bond acceptors (Lipinski definition) is 5. The molecule has 0 bridgehead atoms. The molecule has 1 unspecified atom stereocenters. The lowest BCUT2D eigenvalue weighted by Crippen LogP contribution is -2.21. The van der Waals surface area contributed by atoms with E-state index in [9.17, 15) is 0 Å². The van der Waals surface area contributed by atoms with Gasteiger partial charge in [-0.3, -0.25) is 0 Å². The lowest BCUT2D eigenvalue weighted by molar-refractivity contribution is 0.341. The lowest BCUT2D eigenvalue weighted by Gasteiger charge is -2.12. The van der Waals surface area contributed by atoms with E-state index in [-0.39, 0.29) is 6.04 Å². The van der Waals surface area contributed by atoms with E-state index in [0.29, 0.717) is 6.61 Å². The Hall–Kier alpha value is -1.46. The minimum atomic E-state index is 0.287. The van der Waals surface area contributed by atoms with Crippen molar-refractivity contribution in [2.24, 2.45) is 0 Å². The fourth-order valence-electron chi connectivity index (χ4n) is 2.13. The lowest BCUT2D eigenvalue weighted by atomic mass is 10.2. The van der Waals surface area contributed by atoms with Gasteiger partial charge in [-0.15, -0.1) is 10.2 Å². The Morgan fingerprint density at radius 1 is 1.19 bits per heavy atom. The highest BCUT2D eigenvalue weighted by molar-refractivity contribution is 7.14. The van der Waals surface area contributed by atoms with Crippen molar-refractivity contribution in [1.29, 1.82) is 0 Å². The standard InChI is InChI=1S/C16H23N3OS/c1-4-11-17-13(5-2)16-19-18-15(21-16)12-9-7-8-10-14(12)20-6-3/h7-10,13,17H,4-6,11H2,1-3H3. The highest BCUT2D eigenvalue weighted by atomic mass is 32.1. The second-order valence-electron chi connectivity index (χ2n) is 4.79. The number of aromatic nitrogens is 2. The zero-order valence-electron chi connectivity index (χ0n) is 12.9. The summed E-state index contributed by atoms with van der Waals surface area (Å²) in [4.78, 5) is 0. The van der Waals surface area contributed by atoms with Crippen LogP contribution in [-0.4, -0.2) is 23.3 Å². The minimum absolute atomic E-state index is 0.287. The molecule has 1 N–H and O–H groups in total. The molecule has 0 aliphatic carbocycles. The molecular weight excluding hydrogens is 282 g/mol. The van der Waals surface area contributed by atoms with Crippen molar-refractivity contribution in [2.75, 3.05) is 13.2 Å². The third kappa shape index (κ3) is 4.02. The number of benzene rings is 1. The van der Waals surface area contributed by atoms with Crippen LogP contribution in [0, 0.1) is 0 Å². The van der Waals surface area contributed by atoms with Gasteiger partial charge in [0.25, 0.3) is 0 Å². The second-order valence-corrected chi connectivity index (χ2v) is 5.80. The molecule has 0 amide bonds. The van der Waals surface area contributed by atoms with Crippen molar-refractivity contribution in [1.82, 2.24) is 15.5 Å². The summed E-state index contributed by atoms with van der Waals surface area (Å²) >= 11 is 1.64. The molecule has 4 nitrogen and oxygen atoms in total. The summed E-state index contributed by atoms with van der Waals surface area (Å²) in [5, 5.41) is 14.2. The predicted molar refractivity (Wildman–Crippen MR) is 87.8 cm³/mol. The number of para-hydroxylation sites is 1. The molecule has 1 heterocycles. The first-order chi connectivity index (χ1) is 10.3. The largest absolute Gasteiger partial charge is 0.493 e. The van der Waals surface area contributed by atoms with Crippen molar-refractivity contribution in [3.05, 3.63) is 29.3 Å². The highest BCUT2D eigenvalue weighted by Crippen LogP contribution is 2.33. The van der Waals surface area contributed by atoms with E-state index in [4.69, 9.17) is 4.74 Å². The predicted octanol–water partition coefficient (Wildman–Crippen LogP) is 4.05. The van der Waals surface area contributed by atoms with Crippen molar-refractivity contribution < 1.29 is 4.74 Å². The Morgan fingerprint density at radius 2 is 2.00 bits per heavy atom. The van der Waals surface area contributed by atoms with Gasteiger partial charge in [0.05, 0.1) is 18.2 Å². The van der Waals surface area contributed by atoms with Crippen LogP contribution >= 0.6 is 11.3 Å². The molecule has 1 atom stereocenters. The Labute approximate surface area is 130 Å². The van der Waals surface area contributed by atoms with E-state index in [1.54, 1.807) is 11.3 Å². The average molecular weight is 305 g/mol. The molecule has 2 aromatic rings. The molecule has 1 aromatic heterocycles. The summed E-state index contributed by atoms with van der Waals surface area (Å²) in [5.41, 5.74) is 1.02. The van der Waals surface area contributed by atoms with Gasteiger partial charge >= 0.3 is 0 Å². The Bertz CT molecular complexity index is 556.